The van der Waals surface area contributed by atoms with Crippen LogP contribution in [0.1, 0.15) is 11.5 Å². The fraction of sp³-hybridized carbons (Fsp3) is 0.467. The number of hydrogen-bond acceptors (Lipinski definition) is 7. The number of ether oxygens (including phenoxy) is 2. The molecule has 0 aliphatic rings. The number of methoxy groups -OCH3 is 2. The third-order valence-corrected chi connectivity index (χ3v) is 3.02. The molecule has 0 unspecified atom stereocenters. The Balaban J connectivity index is 1.89. The van der Waals surface area contributed by atoms with Crippen LogP contribution in [0, 0.1) is 0 Å². The summed E-state index contributed by atoms with van der Waals surface area (Å²) in [6.45, 7) is 1.31. The monoisotopic (exact) mass is 306 g/mol. The number of rotatable bonds is 8. The summed E-state index contributed by atoms with van der Waals surface area (Å²) >= 11 is 0. The summed E-state index contributed by atoms with van der Waals surface area (Å²) in [5.41, 5.74) is 1.11. The molecule has 0 aliphatic heterocycles. The molecule has 0 bridgehead atoms. The van der Waals surface area contributed by atoms with Crippen LogP contribution < -0.4 is 14.8 Å². The highest BCUT2D eigenvalue weighted by molar-refractivity contribution is 5.38. The largest absolute Gasteiger partial charge is 0.497 e. The van der Waals surface area contributed by atoms with Crippen LogP contribution in [0.2, 0.25) is 0 Å². The van der Waals surface area contributed by atoms with Gasteiger partial charge >= 0.3 is 6.01 Å². The average Bonchev–Trinajstić information content (AvgIpc) is 2.93. The van der Waals surface area contributed by atoms with Crippen molar-refractivity contribution in [3.63, 3.8) is 0 Å². The van der Waals surface area contributed by atoms with Crippen molar-refractivity contribution in [3.05, 3.63) is 29.7 Å². The molecule has 0 amide bonds. The van der Waals surface area contributed by atoms with Crippen molar-refractivity contribution in [2.75, 3.05) is 40.2 Å². The summed E-state index contributed by atoms with van der Waals surface area (Å²) in [4.78, 5) is 1.97. The van der Waals surface area contributed by atoms with Gasteiger partial charge in [0.15, 0.2) is 0 Å². The Morgan fingerprint density at radius 3 is 2.36 bits per heavy atom. The summed E-state index contributed by atoms with van der Waals surface area (Å²) in [5, 5.41) is 11.1. The molecule has 7 nitrogen and oxygen atoms in total. The Hall–Kier alpha value is -2.28. The van der Waals surface area contributed by atoms with Gasteiger partial charge in [0, 0.05) is 12.6 Å². The molecule has 0 radical (unpaired) electrons. The Bertz CT molecular complexity index is 576. The van der Waals surface area contributed by atoms with Crippen LogP contribution in [-0.4, -0.2) is 50.0 Å². The minimum absolute atomic E-state index is 0.437. The van der Waals surface area contributed by atoms with Gasteiger partial charge in [0.05, 0.1) is 20.8 Å². The van der Waals surface area contributed by atoms with Gasteiger partial charge in [-0.1, -0.05) is 5.10 Å². The molecule has 7 heteroatoms. The summed E-state index contributed by atoms with van der Waals surface area (Å²) in [6.07, 6.45) is 0.791. The number of benzene rings is 1. The molecule has 2 aromatic rings. The Kier molecular flexibility index (Phi) is 5.60. The second-order valence-corrected chi connectivity index (χ2v) is 5.14. The highest BCUT2D eigenvalue weighted by Crippen LogP contribution is 2.22. The van der Waals surface area contributed by atoms with Crippen molar-refractivity contribution in [2.24, 2.45) is 0 Å². The molecule has 0 saturated carbocycles. The quantitative estimate of drug-likeness (QED) is 0.797. The summed E-state index contributed by atoms with van der Waals surface area (Å²) in [6, 6.07) is 6.25. The van der Waals surface area contributed by atoms with Gasteiger partial charge in [0.2, 0.25) is 5.89 Å². The molecule has 0 fully saturated rings. The minimum atomic E-state index is 0.437. The van der Waals surface area contributed by atoms with E-state index in [1.807, 2.05) is 37.2 Å². The number of hydrogen-bond donors (Lipinski definition) is 1. The molecule has 0 aliphatic carbocycles. The van der Waals surface area contributed by atoms with E-state index in [-0.39, 0.29) is 0 Å². The molecule has 22 heavy (non-hydrogen) atoms. The van der Waals surface area contributed by atoms with Crippen molar-refractivity contribution in [1.29, 1.82) is 0 Å². The van der Waals surface area contributed by atoms with Crippen LogP contribution >= 0.6 is 0 Å². The maximum Gasteiger partial charge on any atom is 0.315 e. The van der Waals surface area contributed by atoms with E-state index in [9.17, 15) is 0 Å². The van der Waals surface area contributed by atoms with Crippen molar-refractivity contribution < 1.29 is 13.9 Å². The molecule has 120 valence electrons. The second-order valence-electron chi connectivity index (χ2n) is 5.14. The maximum absolute atomic E-state index is 5.50. The van der Waals surface area contributed by atoms with Crippen LogP contribution in [0.5, 0.6) is 11.5 Å². The second kappa shape index (κ2) is 7.65. The lowest BCUT2D eigenvalue weighted by atomic mass is 10.1. The van der Waals surface area contributed by atoms with Crippen LogP contribution in [-0.2, 0) is 13.0 Å². The van der Waals surface area contributed by atoms with Crippen molar-refractivity contribution in [2.45, 2.75) is 13.0 Å². The summed E-state index contributed by atoms with van der Waals surface area (Å²) in [7, 11) is 7.18. The maximum atomic E-state index is 5.50. The highest BCUT2D eigenvalue weighted by atomic mass is 16.5. The standard InChI is InChI=1S/C15H22N4O3/c1-19(2)10-14-17-18-15(22-14)16-6-5-11-7-12(20-3)9-13(8-11)21-4/h7-9H,5-6,10H2,1-4H3,(H,16,18). The van der Waals surface area contributed by atoms with Crippen LogP contribution in [0.15, 0.2) is 22.6 Å². The topological polar surface area (TPSA) is 72.7 Å². The molecule has 0 spiro atoms. The molecule has 1 N–H and O–H groups in total. The average molecular weight is 306 g/mol. The first-order valence-corrected chi connectivity index (χ1v) is 7.03. The number of anilines is 1. The number of nitrogens with one attached hydrogen (secondary N) is 1. The van der Waals surface area contributed by atoms with E-state index in [4.69, 9.17) is 13.9 Å². The van der Waals surface area contributed by atoms with Crippen molar-refractivity contribution >= 4 is 6.01 Å². The Morgan fingerprint density at radius 2 is 1.77 bits per heavy atom. The van der Waals surface area contributed by atoms with Gasteiger partial charge in [-0.25, -0.2) is 0 Å². The lowest BCUT2D eigenvalue weighted by molar-refractivity contribution is 0.344. The van der Waals surface area contributed by atoms with E-state index in [0.717, 1.165) is 23.5 Å². The van der Waals surface area contributed by atoms with Gasteiger partial charge in [0.1, 0.15) is 11.5 Å². The lowest BCUT2D eigenvalue weighted by Gasteiger charge is -2.08. The van der Waals surface area contributed by atoms with Gasteiger partial charge in [-0.05, 0) is 38.2 Å². The molecule has 1 aromatic carbocycles. The van der Waals surface area contributed by atoms with E-state index >= 15 is 0 Å². The molecule has 1 heterocycles. The van der Waals surface area contributed by atoms with Crippen LogP contribution in [0.25, 0.3) is 0 Å². The van der Waals surface area contributed by atoms with E-state index in [1.54, 1.807) is 14.2 Å². The third-order valence-electron chi connectivity index (χ3n) is 3.02. The Morgan fingerprint density at radius 1 is 1.09 bits per heavy atom. The van der Waals surface area contributed by atoms with E-state index < -0.39 is 0 Å². The molecule has 0 atom stereocenters. The fourth-order valence-electron chi connectivity index (χ4n) is 1.98. The first kappa shape index (κ1) is 16.1. The van der Waals surface area contributed by atoms with Crippen LogP contribution in [0.3, 0.4) is 0 Å². The highest BCUT2D eigenvalue weighted by Gasteiger charge is 2.07. The number of nitrogens with zero attached hydrogens (tertiary/aromatic N) is 3. The summed E-state index contributed by atoms with van der Waals surface area (Å²) < 4.78 is 16.0. The zero-order chi connectivity index (χ0) is 15.9. The fourth-order valence-corrected chi connectivity index (χ4v) is 1.98. The predicted molar refractivity (Wildman–Crippen MR) is 83.4 cm³/mol. The van der Waals surface area contributed by atoms with Gasteiger partial charge in [-0.15, -0.1) is 5.10 Å². The number of aromatic nitrogens is 2. The molecule has 1 aromatic heterocycles. The molecular formula is C15H22N4O3. The summed E-state index contributed by atoms with van der Waals surface area (Å²) in [5.74, 6) is 2.15. The van der Waals surface area contributed by atoms with E-state index in [2.05, 4.69) is 15.5 Å². The zero-order valence-corrected chi connectivity index (χ0v) is 13.4. The first-order chi connectivity index (χ1) is 10.6. The SMILES string of the molecule is COc1cc(CCNc2nnc(CN(C)C)o2)cc(OC)c1. The zero-order valence-electron chi connectivity index (χ0n) is 13.4. The third kappa shape index (κ3) is 4.63. The normalized spacial score (nSPS) is 10.8. The molecular weight excluding hydrogens is 284 g/mol. The Labute approximate surface area is 130 Å². The predicted octanol–water partition coefficient (Wildman–Crippen LogP) is 1.80. The van der Waals surface area contributed by atoms with E-state index in [0.29, 0.717) is 25.0 Å². The first-order valence-electron chi connectivity index (χ1n) is 7.03. The lowest BCUT2D eigenvalue weighted by Crippen LogP contribution is -2.10. The van der Waals surface area contributed by atoms with E-state index in [1.165, 1.54) is 0 Å². The van der Waals surface area contributed by atoms with Crippen molar-refractivity contribution in [3.8, 4) is 11.5 Å². The van der Waals surface area contributed by atoms with Gasteiger partial charge in [-0.2, -0.15) is 0 Å². The van der Waals surface area contributed by atoms with Crippen molar-refractivity contribution in [1.82, 2.24) is 15.1 Å². The van der Waals surface area contributed by atoms with Gasteiger partial charge < -0.3 is 24.1 Å². The van der Waals surface area contributed by atoms with Gasteiger partial charge in [-0.3, -0.25) is 0 Å². The van der Waals surface area contributed by atoms with Crippen LogP contribution in [0.4, 0.5) is 6.01 Å². The molecule has 0 saturated heterocycles. The van der Waals surface area contributed by atoms with Gasteiger partial charge in [0.25, 0.3) is 0 Å². The smallest absolute Gasteiger partial charge is 0.315 e. The molecule has 2 rings (SSSR count). The minimum Gasteiger partial charge on any atom is -0.497 e.